The fraction of sp³-hybridized carbons (Fsp3) is 0.263. The molecule has 1 N–H and O–H groups in total. The number of rotatable bonds is 4. The van der Waals surface area contributed by atoms with Gasteiger partial charge in [-0.1, -0.05) is 62.0 Å². The van der Waals surface area contributed by atoms with Crippen LogP contribution in [-0.2, 0) is 0 Å². The number of carbonyl (C=O) groups is 1. The maximum Gasteiger partial charge on any atom is 0.335 e. The van der Waals surface area contributed by atoms with E-state index in [0.29, 0.717) is 18.0 Å². The van der Waals surface area contributed by atoms with Crippen LogP contribution in [0.2, 0.25) is 0 Å². The van der Waals surface area contributed by atoms with Crippen molar-refractivity contribution in [1.82, 2.24) is 0 Å². The third-order valence-corrected chi connectivity index (χ3v) is 5.28. The van der Waals surface area contributed by atoms with Crippen molar-refractivity contribution in [2.75, 3.05) is 6.54 Å². The smallest absolute Gasteiger partial charge is 0.335 e. The van der Waals surface area contributed by atoms with Crippen molar-refractivity contribution >= 4 is 22.8 Å². The molecule has 0 aliphatic carbocycles. The standard InChI is InChI=1S/C19H19NO2S/c1-12(2)13-6-8-14(9-7-13)18-20-11-17(23-18)15-4-3-5-16(10-15)19(21)22/h3-10,12,17H,11H2,1-2H3,(H,21,22). The Bertz CT molecular complexity index is 750. The topological polar surface area (TPSA) is 49.7 Å². The average Bonchev–Trinajstić information content (AvgIpc) is 3.05. The Hall–Kier alpha value is -2.07. The zero-order valence-electron chi connectivity index (χ0n) is 13.2. The fourth-order valence-corrected chi connectivity index (χ4v) is 3.71. The Kier molecular flexibility index (Phi) is 4.53. The van der Waals surface area contributed by atoms with Crippen molar-refractivity contribution in [3.8, 4) is 0 Å². The van der Waals surface area contributed by atoms with Gasteiger partial charge < -0.3 is 5.11 Å². The molecule has 1 heterocycles. The van der Waals surface area contributed by atoms with Crippen molar-refractivity contribution in [2.24, 2.45) is 4.99 Å². The summed E-state index contributed by atoms with van der Waals surface area (Å²) in [6.07, 6.45) is 0. The first kappa shape index (κ1) is 15.8. The molecular formula is C19H19NO2S. The number of hydrogen-bond donors (Lipinski definition) is 1. The quantitative estimate of drug-likeness (QED) is 0.883. The molecule has 2 aromatic carbocycles. The molecule has 0 amide bonds. The predicted octanol–water partition coefficient (Wildman–Crippen LogP) is 4.74. The van der Waals surface area contributed by atoms with E-state index in [4.69, 9.17) is 5.11 Å². The number of aliphatic imine (C=N–C) groups is 1. The lowest BCUT2D eigenvalue weighted by Crippen LogP contribution is -2.00. The van der Waals surface area contributed by atoms with Crippen LogP contribution in [0.25, 0.3) is 0 Å². The van der Waals surface area contributed by atoms with Crippen molar-refractivity contribution in [2.45, 2.75) is 25.0 Å². The molecule has 0 fully saturated rings. The zero-order chi connectivity index (χ0) is 16.4. The van der Waals surface area contributed by atoms with Gasteiger partial charge in [0.25, 0.3) is 0 Å². The molecule has 1 aliphatic heterocycles. The molecule has 0 spiro atoms. The van der Waals surface area contributed by atoms with Crippen molar-refractivity contribution in [3.63, 3.8) is 0 Å². The Morgan fingerprint density at radius 1 is 1.22 bits per heavy atom. The van der Waals surface area contributed by atoms with E-state index in [1.54, 1.807) is 30.0 Å². The molecule has 0 bridgehead atoms. The second kappa shape index (κ2) is 6.59. The molecule has 4 heteroatoms. The van der Waals surface area contributed by atoms with Gasteiger partial charge in [0.2, 0.25) is 0 Å². The Morgan fingerprint density at radius 3 is 2.61 bits per heavy atom. The van der Waals surface area contributed by atoms with E-state index in [1.165, 1.54) is 5.56 Å². The first-order chi connectivity index (χ1) is 11.0. The molecule has 0 radical (unpaired) electrons. The molecule has 1 aliphatic rings. The summed E-state index contributed by atoms with van der Waals surface area (Å²) >= 11 is 1.71. The molecule has 2 aromatic rings. The van der Waals surface area contributed by atoms with Gasteiger partial charge in [-0.2, -0.15) is 0 Å². The first-order valence-corrected chi connectivity index (χ1v) is 8.57. The number of aromatic carboxylic acids is 1. The van der Waals surface area contributed by atoms with Gasteiger partial charge in [0.05, 0.1) is 22.4 Å². The Morgan fingerprint density at radius 2 is 1.96 bits per heavy atom. The fourth-order valence-electron chi connectivity index (χ4n) is 2.59. The van der Waals surface area contributed by atoms with Crippen LogP contribution in [0.5, 0.6) is 0 Å². The van der Waals surface area contributed by atoms with Crippen molar-refractivity contribution < 1.29 is 9.90 Å². The number of benzene rings is 2. The molecule has 0 saturated carbocycles. The van der Waals surface area contributed by atoms with Gasteiger partial charge in [-0.3, -0.25) is 4.99 Å². The summed E-state index contributed by atoms with van der Waals surface area (Å²) in [4.78, 5) is 15.8. The highest BCUT2D eigenvalue weighted by Gasteiger charge is 2.23. The molecule has 3 nitrogen and oxygen atoms in total. The minimum absolute atomic E-state index is 0.189. The van der Waals surface area contributed by atoms with Gasteiger partial charge in [-0.05, 0) is 29.2 Å². The van der Waals surface area contributed by atoms with Gasteiger partial charge in [0, 0.05) is 5.56 Å². The SMILES string of the molecule is CC(C)c1ccc(C2=NCC(c3cccc(C(=O)O)c3)S2)cc1. The summed E-state index contributed by atoms with van der Waals surface area (Å²) in [6.45, 7) is 5.06. The number of carboxylic acid groups (broad SMARTS) is 1. The number of hydrogen-bond acceptors (Lipinski definition) is 3. The number of carboxylic acids is 1. The highest BCUT2D eigenvalue weighted by molar-refractivity contribution is 8.14. The largest absolute Gasteiger partial charge is 0.478 e. The van der Waals surface area contributed by atoms with E-state index >= 15 is 0 Å². The monoisotopic (exact) mass is 325 g/mol. The van der Waals surface area contributed by atoms with Crippen molar-refractivity contribution in [1.29, 1.82) is 0 Å². The molecule has 3 rings (SSSR count). The Balaban J connectivity index is 1.75. The number of nitrogens with zero attached hydrogens (tertiary/aromatic N) is 1. The summed E-state index contributed by atoms with van der Waals surface area (Å²) in [7, 11) is 0. The summed E-state index contributed by atoms with van der Waals surface area (Å²) in [6, 6.07) is 15.7. The van der Waals surface area contributed by atoms with E-state index in [2.05, 4.69) is 43.1 Å². The maximum absolute atomic E-state index is 11.1. The van der Waals surface area contributed by atoms with E-state index < -0.39 is 5.97 Å². The van der Waals surface area contributed by atoms with Crippen LogP contribution in [-0.4, -0.2) is 22.7 Å². The molecule has 1 atom stereocenters. The van der Waals surface area contributed by atoms with Crippen LogP contribution >= 0.6 is 11.8 Å². The average molecular weight is 325 g/mol. The van der Waals surface area contributed by atoms with Crippen LogP contribution < -0.4 is 0 Å². The predicted molar refractivity (Wildman–Crippen MR) is 95.7 cm³/mol. The molecule has 118 valence electrons. The van der Waals surface area contributed by atoms with E-state index in [1.807, 2.05) is 6.07 Å². The van der Waals surface area contributed by atoms with Crippen LogP contribution in [0.3, 0.4) is 0 Å². The second-order valence-electron chi connectivity index (χ2n) is 5.96. The molecule has 1 unspecified atom stereocenters. The highest BCUT2D eigenvalue weighted by Crippen LogP contribution is 2.37. The second-order valence-corrected chi connectivity index (χ2v) is 7.15. The minimum Gasteiger partial charge on any atom is -0.478 e. The number of thioether (sulfide) groups is 1. The molecular weight excluding hydrogens is 306 g/mol. The normalized spacial score (nSPS) is 17.3. The van der Waals surface area contributed by atoms with Crippen LogP contribution in [0, 0.1) is 0 Å². The summed E-state index contributed by atoms with van der Waals surface area (Å²) in [5.74, 6) is -0.367. The van der Waals surface area contributed by atoms with Crippen LogP contribution in [0.4, 0.5) is 0 Å². The van der Waals surface area contributed by atoms with Crippen molar-refractivity contribution in [3.05, 3.63) is 70.8 Å². The van der Waals surface area contributed by atoms with Gasteiger partial charge in [0.1, 0.15) is 0 Å². The maximum atomic E-state index is 11.1. The summed E-state index contributed by atoms with van der Waals surface area (Å²) in [5, 5.41) is 10.3. The first-order valence-electron chi connectivity index (χ1n) is 7.69. The zero-order valence-corrected chi connectivity index (χ0v) is 14.0. The van der Waals surface area contributed by atoms with E-state index in [0.717, 1.165) is 16.2 Å². The third-order valence-electron chi connectivity index (χ3n) is 3.98. The molecule has 0 saturated heterocycles. The van der Waals surface area contributed by atoms with Gasteiger partial charge >= 0.3 is 5.97 Å². The van der Waals surface area contributed by atoms with E-state index in [-0.39, 0.29) is 5.25 Å². The van der Waals surface area contributed by atoms with Gasteiger partial charge in [0.15, 0.2) is 0 Å². The third kappa shape index (κ3) is 3.48. The lowest BCUT2D eigenvalue weighted by Gasteiger charge is -2.10. The van der Waals surface area contributed by atoms with E-state index in [9.17, 15) is 4.79 Å². The van der Waals surface area contributed by atoms with Gasteiger partial charge in [-0.15, -0.1) is 0 Å². The van der Waals surface area contributed by atoms with Crippen LogP contribution in [0.15, 0.2) is 53.5 Å². The summed E-state index contributed by atoms with van der Waals surface area (Å²) < 4.78 is 0. The highest BCUT2D eigenvalue weighted by atomic mass is 32.2. The minimum atomic E-state index is -0.889. The summed E-state index contributed by atoms with van der Waals surface area (Å²) in [5.41, 5.74) is 3.81. The lowest BCUT2D eigenvalue weighted by molar-refractivity contribution is 0.0697. The lowest BCUT2D eigenvalue weighted by atomic mass is 10.0. The van der Waals surface area contributed by atoms with Gasteiger partial charge in [-0.25, -0.2) is 4.79 Å². The Labute approximate surface area is 140 Å². The van der Waals surface area contributed by atoms with Crippen LogP contribution in [0.1, 0.15) is 52.1 Å². The molecule has 23 heavy (non-hydrogen) atoms. The molecule has 0 aromatic heterocycles.